The van der Waals surface area contributed by atoms with Gasteiger partial charge in [0.25, 0.3) is 0 Å². The molecule has 4 fully saturated rings. The van der Waals surface area contributed by atoms with Gasteiger partial charge in [0.05, 0.1) is 19.1 Å². The second kappa shape index (κ2) is 4.56. The van der Waals surface area contributed by atoms with E-state index in [2.05, 4.69) is 0 Å². The molecule has 4 unspecified atom stereocenters. The minimum Gasteiger partial charge on any atom is -0.468 e. The van der Waals surface area contributed by atoms with Crippen molar-refractivity contribution >= 4 is 17.7 Å². The Balaban J connectivity index is 1.98. The number of Topliss-reactive ketones (excluding diaryl/α,β-unsaturated/α-hetero) is 1. The molecule has 0 radical (unpaired) electrons. The van der Waals surface area contributed by atoms with Crippen LogP contribution in [0.1, 0.15) is 39.0 Å². The molecule has 0 aromatic carbocycles. The number of piperidine rings is 1. The summed E-state index contributed by atoms with van der Waals surface area (Å²) in [6, 6.07) is -0.251. The van der Waals surface area contributed by atoms with Crippen molar-refractivity contribution in [3.8, 4) is 0 Å². The minimum absolute atomic E-state index is 0.0365. The number of nitrogens with zero attached hydrogens (tertiary/aromatic N) is 1. The molecule has 0 aromatic heterocycles. The Morgan fingerprint density at radius 1 is 1.35 bits per heavy atom. The maximum absolute atomic E-state index is 13.2. The highest BCUT2D eigenvalue weighted by Crippen LogP contribution is 2.70. The van der Waals surface area contributed by atoms with Crippen molar-refractivity contribution in [1.82, 2.24) is 4.90 Å². The van der Waals surface area contributed by atoms with E-state index >= 15 is 0 Å². The van der Waals surface area contributed by atoms with E-state index < -0.39 is 29.3 Å². The Kier molecular flexibility index (Phi) is 3.00. The van der Waals surface area contributed by atoms with E-state index in [1.807, 2.05) is 6.92 Å². The molecule has 126 valence electrons. The number of ether oxygens (including phenoxy) is 1. The van der Waals surface area contributed by atoms with Crippen LogP contribution in [0.5, 0.6) is 0 Å². The Bertz CT molecular complexity index is 604. The summed E-state index contributed by atoms with van der Waals surface area (Å²) >= 11 is 0. The molecule has 5 bridgehead atoms. The topological polar surface area (TPSA) is 83.9 Å². The van der Waals surface area contributed by atoms with Gasteiger partial charge in [0.2, 0.25) is 5.91 Å². The van der Waals surface area contributed by atoms with E-state index in [9.17, 15) is 19.5 Å². The Labute approximate surface area is 135 Å². The molecule has 1 spiro atoms. The van der Waals surface area contributed by atoms with Crippen molar-refractivity contribution in [1.29, 1.82) is 0 Å². The molecule has 4 rings (SSSR count). The molecule has 4 aliphatic rings. The highest BCUT2D eigenvalue weighted by molar-refractivity contribution is 6.05. The number of esters is 1. The molecule has 3 saturated carbocycles. The fourth-order valence-electron chi connectivity index (χ4n) is 6.50. The third-order valence-electron chi connectivity index (χ3n) is 7.08. The van der Waals surface area contributed by atoms with Crippen LogP contribution in [-0.2, 0) is 19.1 Å². The number of carbonyl (C=O) groups excluding carboxylic acids is 3. The van der Waals surface area contributed by atoms with Gasteiger partial charge in [-0.1, -0.05) is 6.42 Å². The fraction of sp³-hybridized carbons (Fsp3) is 0.824. The van der Waals surface area contributed by atoms with Gasteiger partial charge in [-0.3, -0.25) is 14.4 Å². The van der Waals surface area contributed by atoms with Gasteiger partial charge in [-0.15, -0.1) is 0 Å². The van der Waals surface area contributed by atoms with Crippen molar-refractivity contribution in [2.75, 3.05) is 13.7 Å². The molecule has 6 atom stereocenters. The van der Waals surface area contributed by atoms with Crippen molar-refractivity contribution in [3.05, 3.63) is 0 Å². The second-order valence-corrected chi connectivity index (χ2v) is 7.55. The maximum Gasteiger partial charge on any atom is 0.321 e. The minimum atomic E-state index is -1.31. The predicted molar refractivity (Wildman–Crippen MR) is 79.1 cm³/mol. The average molecular weight is 321 g/mol. The summed E-state index contributed by atoms with van der Waals surface area (Å²) in [4.78, 5) is 40.1. The highest BCUT2D eigenvalue weighted by Gasteiger charge is 2.79. The van der Waals surface area contributed by atoms with Crippen LogP contribution in [0, 0.1) is 22.7 Å². The van der Waals surface area contributed by atoms with Gasteiger partial charge in [-0.05, 0) is 31.6 Å². The molecule has 1 aliphatic heterocycles. The van der Waals surface area contributed by atoms with Crippen LogP contribution in [0.3, 0.4) is 0 Å². The molecule has 6 heteroatoms. The first-order valence-corrected chi connectivity index (χ1v) is 8.56. The van der Waals surface area contributed by atoms with Crippen molar-refractivity contribution in [2.45, 2.75) is 51.2 Å². The first-order valence-electron chi connectivity index (χ1n) is 8.56. The van der Waals surface area contributed by atoms with Gasteiger partial charge < -0.3 is 14.7 Å². The number of aliphatic hydroxyl groups is 1. The molecule has 0 aromatic rings. The average Bonchev–Trinajstić information content (AvgIpc) is 2.69. The Hall–Kier alpha value is -1.43. The Morgan fingerprint density at radius 3 is 2.74 bits per heavy atom. The van der Waals surface area contributed by atoms with Gasteiger partial charge in [0.15, 0.2) is 5.41 Å². The fourth-order valence-corrected chi connectivity index (χ4v) is 6.50. The molecule has 3 aliphatic carbocycles. The molecule has 23 heavy (non-hydrogen) atoms. The zero-order valence-electron chi connectivity index (χ0n) is 13.6. The van der Waals surface area contributed by atoms with E-state index in [0.29, 0.717) is 25.8 Å². The number of methoxy groups -OCH3 is 1. The molecule has 1 heterocycles. The van der Waals surface area contributed by atoms with Gasteiger partial charge in [0, 0.05) is 24.9 Å². The normalized spacial score (nSPS) is 47.7. The smallest absolute Gasteiger partial charge is 0.321 e. The lowest BCUT2D eigenvalue weighted by atomic mass is 9.49. The van der Waals surface area contributed by atoms with Crippen molar-refractivity contribution in [2.24, 2.45) is 22.7 Å². The standard InChI is InChI=1S/C17H23NO5/c1-3-18-13-10-9(19)5-8-16(13)6-4-7-17(14(18)21,15(22)23-2)12(16)11(10)20/h10-13,20H,3-8H2,1-2H3/t10?,11?,12-,13?,16?,17-/m0/s1. The van der Waals surface area contributed by atoms with Crippen molar-refractivity contribution < 1.29 is 24.2 Å². The number of ketones is 1. The van der Waals surface area contributed by atoms with Crippen LogP contribution in [0.4, 0.5) is 0 Å². The second-order valence-electron chi connectivity index (χ2n) is 7.55. The van der Waals surface area contributed by atoms with Gasteiger partial charge >= 0.3 is 5.97 Å². The number of likely N-dealkylation sites (tertiary alicyclic amines) is 1. The number of amides is 1. The van der Waals surface area contributed by atoms with Crippen LogP contribution in [0.15, 0.2) is 0 Å². The summed E-state index contributed by atoms with van der Waals surface area (Å²) in [6.07, 6.45) is 2.22. The number of aliphatic hydroxyl groups excluding tert-OH is 1. The molecular formula is C17H23NO5. The first-order chi connectivity index (χ1) is 11.0. The van der Waals surface area contributed by atoms with Crippen molar-refractivity contribution in [3.63, 3.8) is 0 Å². The SMILES string of the molecule is CCN1C(=O)[C@]2(C(=O)OC)CCCC34CCC(=O)C(C(O)[C@@H]32)C14. The van der Waals surface area contributed by atoms with Crippen LogP contribution >= 0.6 is 0 Å². The van der Waals surface area contributed by atoms with E-state index in [-0.39, 0.29) is 23.1 Å². The molecule has 1 saturated heterocycles. The lowest BCUT2D eigenvalue weighted by Gasteiger charge is -2.60. The monoisotopic (exact) mass is 321 g/mol. The van der Waals surface area contributed by atoms with E-state index in [1.54, 1.807) is 4.90 Å². The van der Waals surface area contributed by atoms with Gasteiger partial charge in [-0.25, -0.2) is 0 Å². The van der Waals surface area contributed by atoms with E-state index in [0.717, 1.165) is 12.8 Å². The summed E-state index contributed by atoms with van der Waals surface area (Å²) < 4.78 is 5.02. The summed E-state index contributed by atoms with van der Waals surface area (Å²) in [7, 11) is 1.30. The summed E-state index contributed by atoms with van der Waals surface area (Å²) in [5.41, 5.74) is -1.62. The summed E-state index contributed by atoms with van der Waals surface area (Å²) in [6.45, 7) is 2.33. The Morgan fingerprint density at radius 2 is 2.09 bits per heavy atom. The summed E-state index contributed by atoms with van der Waals surface area (Å²) in [5, 5.41) is 11.0. The third kappa shape index (κ3) is 1.42. The maximum atomic E-state index is 13.2. The third-order valence-corrected chi connectivity index (χ3v) is 7.08. The molecule has 6 nitrogen and oxygen atoms in total. The predicted octanol–water partition coefficient (Wildman–Crippen LogP) is 0.517. The first kappa shape index (κ1) is 15.1. The number of carbonyl (C=O) groups is 3. The summed E-state index contributed by atoms with van der Waals surface area (Å²) in [5.74, 6) is -1.76. The van der Waals surface area contributed by atoms with Gasteiger partial charge in [-0.2, -0.15) is 0 Å². The highest BCUT2D eigenvalue weighted by atomic mass is 16.5. The lowest BCUT2D eigenvalue weighted by Crippen LogP contribution is -2.69. The number of hydrogen-bond donors (Lipinski definition) is 1. The lowest BCUT2D eigenvalue weighted by molar-refractivity contribution is -0.197. The molecule has 1 N–H and O–H groups in total. The van der Waals surface area contributed by atoms with Crippen LogP contribution < -0.4 is 0 Å². The number of hydrogen-bond acceptors (Lipinski definition) is 5. The van der Waals surface area contributed by atoms with E-state index in [1.165, 1.54) is 7.11 Å². The number of rotatable bonds is 2. The van der Waals surface area contributed by atoms with Crippen LogP contribution in [0.25, 0.3) is 0 Å². The largest absolute Gasteiger partial charge is 0.468 e. The molecular weight excluding hydrogens is 298 g/mol. The molecule has 1 amide bonds. The van der Waals surface area contributed by atoms with Gasteiger partial charge in [0.1, 0.15) is 5.78 Å². The van der Waals surface area contributed by atoms with Crippen LogP contribution in [-0.4, -0.2) is 53.5 Å². The zero-order valence-corrected chi connectivity index (χ0v) is 13.6. The quantitative estimate of drug-likeness (QED) is 0.592. The van der Waals surface area contributed by atoms with Crippen LogP contribution in [0.2, 0.25) is 0 Å². The zero-order chi connectivity index (χ0) is 16.6. The van der Waals surface area contributed by atoms with E-state index in [4.69, 9.17) is 4.74 Å².